The monoisotopic (exact) mass is 694 g/mol. The molecule has 266 valence electrons. The molecule has 2 aliphatic heterocycles. The summed E-state index contributed by atoms with van der Waals surface area (Å²) in [6.07, 6.45) is 3.76. The van der Waals surface area contributed by atoms with Gasteiger partial charge in [-0.1, -0.05) is 12.1 Å². The first-order valence-electron chi connectivity index (χ1n) is 16.0. The Labute approximate surface area is 280 Å². The Bertz CT molecular complexity index is 1640. The van der Waals surface area contributed by atoms with Gasteiger partial charge in [0.1, 0.15) is 11.4 Å². The standard InChI is InChI=1S/C32H39F5N8O4/c1-6-9-45(19-7-10-43(11-8-19)29-41-27(42-49-29)32(5,36)37)26(46)18-14-38-28(39-15-18)44-16-21(20-12-23(34)24(35)13-22(20)33)25(17-44)40-30(47)48-31(2,3)4/h12-15,19,21,25H,6-11,16-17H2,1-5H3,(H,40,47)/t21-,25+/m1/s1. The minimum atomic E-state index is -3.23. The van der Waals surface area contributed by atoms with E-state index in [9.17, 15) is 31.5 Å². The maximum atomic E-state index is 14.9. The molecule has 4 heterocycles. The molecule has 2 fully saturated rings. The zero-order valence-corrected chi connectivity index (χ0v) is 27.9. The fraction of sp³-hybridized carbons (Fsp3) is 0.562. The van der Waals surface area contributed by atoms with Gasteiger partial charge < -0.3 is 29.3 Å². The van der Waals surface area contributed by atoms with Gasteiger partial charge >= 0.3 is 18.0 Å². The van der Waals surface area contributed by atoms with Crippen LogP contribution in [-0.4, -0.2) is 87.4 Å². The average Bonchev–Trinajstić information content (AvgIpc) is 3.69. The van der Waals surface area contributed by atoms with Crippen molar-refractivity contribution in [2.24, 2.45) is 0 Å². The molecular weight excluding hydrogens is 655 g/mol. The van der Waals surface area contributed by atoms with Crippen LogP contribution in [0.5, 0.6) is 0 Å². The highest BCUT2D eigenvalue weighted by Crippen LogP contribution is 2.33. The third-order valence-electron chi connectivity index (χ3n) is 8.34. The number of benzene rings is 1. The maximum absolute atomic E-state index is 14.9. The number of alkyl carbamates (subject to hydrolysis) is 1. The van der Waals surface area contributed by atoms with Crippen molar-refractivity contribution in [2.45, 2.75) is 83.4 Å². The number of carbonyl (C=O) groups excluding carboxylic acids is 2. The van der Waals surface area contributed by atoms with E-state index in [0.29, 0.717) is 51.9 Å². The Morgan fingerprint density at radius 1 is 1.00 bits per heavy atom. The number of aromatic nitrogens is 4. The Kier molecular flexibility index (Phi) is 10.3. The second-order valence-electron chi connectivity index (χ2n) is 13.3. The number of rotatable bonds is 9. The average molecular weight is 695 g/mol. The first-order valence-corrected chi connectivity index (χ1v) is 16.0. The summed E-state index contributed by atoms with van der Waals surface area (Å²) in [4.78, 5) is 44.0. The second-order valence-corrected chi connectivity index (χ2v) is 13.3. The highest BCUT2D eigenvalue weighted by Gasteiger charge is 2.39. The molecule has 2 aliphatic rings. The largest absolute Gasteiger partial charge is 0.444 e. The minimum Gasteiger partial charge on any atom is -0.444 e. The molecule has 3 aromatic rings. The van der Waals surface area contributed by atoms with E-state index in [1.807, 2.05) is 6.92 Å². The SMILES string of the molecule is CCCN(C(=O)c1cnc(N2C[C@H](NC(=O)OC(C)(C)C)[C@@H](c3cc(F)c(F)cc3F)C2)nc1)C1CCN(c2nc(C(C)(F)F)no2)CC1. The van der Waals surface area contributed by atoms with E-state index in [0.717, 1.165) is 6.07 Å². The summed E-state index contributed by atoms with van der Waals surface area (Å²) in [5.74, 6) is -8.34. The van der Waals surface area contributed by atoms with Crippen LogP contribution in [-0.2, 0) is 10.7 Å². The van der Waals surface area contributed by atoms with Gasteiger partial charge in [0.2, 0.25) is 11.8 Å². The second kappa shape index (κ2) is 14.1. The van der Waals surface area contributed by atoms with Crippen molar-refractivity contribution in [3.8, 4) is 0 Å². The lowest BCUT2D eigenvalue weighted by Gasteiger charge is -2.37. The van der Waals surface area contributed by atoms with Crippen LogP contribution >= 0.6 is 0 Å². The van der Waals surface area contributed by atoms with Crippen LogP contribution in [0.1, 0.15) is 81.5 Å². The van der Waals surface area contributed by atoms with E-state index in [-0.39, 0.29) is 48.1 Å². The zero-order valence-electron chi connectivity index (χ0n) is 27.9. The molecule has 1 aromatic carbocycles. The van der Waals surface area contributed by atoms with Crippen molar-refractivity contribution in [1.29, 1.82) is 0 Å². The lowest BCUT2D eigenvalue weighted by atomic mass is 9.93. The van der Waals surface area contributed by atoms with Crippen molar-refractivity contribution < 1.29 is 40.8 Å². The van der Waals surface area contributed by atoms with Gasteiger partial charge in [-0.15, -0.1) is 0 Å². The Balaban J connectivity index is 1.28. The molecule has 5 rings (SSSR count). The summed E-state index contributed by atoms with van der Waals surface area (Å²) in [5.41, 5.74) is -0.706. The van der Waals surface area contributed by atoms with Crippen molar-refractivity contribution >= 4 is 24.0 Å². The number of hydrogen-bond donors (Lipinski definition) is 1. The molecule has 2 aromatic heterocycles. The van der Waals surface area contributed by atoms with Crippen molar-refractivity contribution in [2.75, 3.05) is 42.5 Å². The molecule has 0 radical (unpaired) electrons. The fourth-order valence-corrected chi connectivity index (χ4v) is 6.05. The van der Waals surface area contributed by atoms with E-state index in [1.54, 1.807) is 35.5 Å². The summed E-state index contributed by atoms with van der Waals surface area (Å²) in [7, 11) is 0. The van der Waals surface area contributed by atoms with Crippen LogP contribution in [0.25, 0.3) is 0 Å². The number of hydrogen-bond acceptors (Lipinski definition) is 10. The molecule has 17 heteroatoms. The summed E-state index contributed by atoms with van der Waals surface area (Å²) < 4.78 is 80.4. The molecule has 0 unspecified atom stereocenters. The molecule has 12 nitrogen and oxygen atoms in total. The number of carbonyl (C=O) groups is 2. The normalized spacial score (nSPS) is 18.9. The maximum Gasteiger partial charge on any atom is 0.407 e. The van der Waals surface area contributed by atoms with Gasteiger partial charge in [-0.3, -0.25) is 4.79 Å². The molecule has 0 aliphatic carbocycles. The van der Waals surface area contributed by atoms with Crippen LogP contribution in [0.2, 0.25) is 0 Å². The molecular formula is C32H39F5N8O4. The topological polar surface area (TPSA) is 130 Å². The Morgan fingerprint density at radius 2 is 1.65 bits per heavy atom. The van der Waals surface area contributed by atoms with Crippen molar-refractivity contribution in [3.63, 3.8) is 0 Å². The number of alkyl halides is 2. The smallest absolute Gasteiger partial charge is 0.407 e. The van der Waals surface area contributed by atoms with E-state index >= 15 is 0 Å². The van der Waals surface area contributed by atoms with Gasteiger partial charge in [-0.2, -0.15) is 13.8 Å². The van der Waals surface area contributed by atoms with Crippen molar-refractivity contribution in [3.05, 3.63) is 58.9 Å². The van der Waals surface area contributed by atoms with Gasteiger partial charge in [0.15, 0.2) is 11.6 Å². The molecule has 2 amide bonds. The zero-order chi connectivity index (χ0) is 35.7. The summed E-state index contributed by atoms with van der Waals surface area (Å²) >= 11 is 0. The first kappa shape index (κ1) is 35.7. The summed E-state index contributed by atoms with van der Waals surface area (Å²) in [6.45, 7) is 9.13. The highest BCUT2D eigenvalue weighted by atomic mass is 19.3. The molecule has 0 spiro atoms. The highest BCUT2D eigenvalue weighted by molar-refractivity contribution is 5.94. The van der Waals surface area contributed by atoms with E-state index in [2.05, 4.69) is 25.4 Å². The summed E-state index contributed by atoms with van der Waals surface area (Å²) in [5, 5.41) is 6.09. The predicted molar refractivity (Wildman–Crippen MR) is 167 cm³/mol. The Hall–Kier alpha value is -4.57. The van der Waals surface area contributed by atoms with Gasteiger partial charge in [0.25, 0.3) is 5.91 Å². The van der Waals surface area contributed by atoms with Crippen LogP contribution in [0, 0.1) is 17.5 Å². The number of ether oxygens (including phenoxy) is 1. The molecule has 2 atom stereocenters. The van der Waals surface area contributed by atoms with Crippen LogP contribution in [0.15, 0.2) is 29.0 Å². The number of anilines is 2. The first-order chi connectivity index (χ1) is 23.0. The van der Waals surface area contributed by atoms with E-state index < -0.39 is 52.9 Å². The van der Waals surface area contributed by atoms with E-state index in [1.165, 1.54) is 12.4 Å². The fourth-order valence-electron chi connectivity index (χ4n) is 6.05. The van der Waals surface area contributed by atoms with Gasteiger partial charge in [0.05, 0.1) is 11.6 Å². The number of nitrogens with zero attached hydrogens (tertiary/aromatic N) is 7. The lowest BCUT2D eigenvalue weighted by molar-refractivity contribution is 0.00557. The number of nitrogens with one attached hydrogen (secondary N) is 1. The van der Waals surface area contributed by atoms with Gasteiger partial charge in [-0.25, -0.2) is 27.9 Å². The van der Waals surface area contributed by atoms with Crippen LogP contribution in [0.3, 0.4) is 0 Å². The lowest BCUT2D eigenvalue weighted by Crippen LogP contribution is -2.48. The van der Waals surface area contributed by atoms with Crippen molar-refractivity contribution in [1.82, 2.24) is 30.3 Å². The number of amides is 2. The molecule has 49 heavy (non-hydrogen) atoms. The minimum absolute atomic E-state index is 0.00678. The molecule has 1 N–H and O–H groups in total. The third kappa shape index (κ3) is 8.36. The van der Waals surface area contributed by atoms with Gasteiger partial charge in [0, 0.05) is 70.1 Å². The van der Waals surface area contributed by atoms with Gasteiger partial charge in [-0.05, 0) is 51.7 Å². The van der Waals surface area contributed by atoms with E-state index in [4.69, 9.17) is 9.26 Å². The predicted octanol–water partition coefficient (Wildman–Crippen LogP) is 5.41. The number of halogens is 5. The molecule has 0 saturated carbocycles. The quantitative estimate of drug-likeness (QED) is 0.229. The van der Waals surface area contributed by atoms with Crippen LogP contribution in [0.4, 0.5) is 38.7 Å². The number of piperidine rings is 1. The molecule has 0 bridgehead atoms. The summed E-state index contributed by atoms with van der Waals surface area (Å²) in [6, 6.07) is 0.328. The third-order valence-corrected chi connectivity index (χ3v) is 8.34. The molecule has 2 saturated heterocycles. The van der Waals surface area contributed by atoms with Crippen LogP contribution < -0.4 is 15.1 Å². The Morgan fingerprint density at radius 3 is 2.24 bits per heavy atom.